The van der Waals surface area contributed by atoms with Gasteiger partial charge in [-0.15, -0.1) is 0 Å². The second-order valence-corrected chi connectivity index (χ2v) is 9.03. The summed E-state index contributed by atoms with van der Waals surface area (Å²) in [6.45, 7) is 4.77. The van der Waals surface area contributed by atoms with Gasteiger partial charge in [-0.2, -0.15) is 0 Å². The van der Waals surface area contributed by atoms with Crippen molar-refractivity contribution < 1.29 is 14.7 Å². The highest BCUT2D eigenvalue weighted by Gasteiger charge is 2.27. The van der Waals surface area contributed by atoms with Crippen molar-refractivity contribution in [2.45, 2.75) is 25.4 Å². The van der Waals surface area contributed by atoms with Crippen molar-refractivity contribution >= 4 is 23.7 Å². The third-order valence-electron chi connectivity index (χ3n) is 6.67. The molecule has 3 aromatic rings. The standard InChI is InChI=1S/C27H28N6O3/c1-2-33-11-10-19(15-33)30-27(36)24-25(28)29-14-21(31-24)17-7-5-8-18(12-17)26(35)32-23-20-9-4-3-6-16(20)13-22(23)34/h3-9,12-14,19,23,34H,2,10-11,15H2,1H3,(H2,28,29)(H,30,36)(H,32,35)/t19-,23+/m0/s1. The van der Waals surface area contributed by atoms with Crippen molar-refractivity contribution in [2.75, 3.05) is 25.4 Å². The SMILES string of the molecule is CCN1CC[C@H](NC(=O)c2nc(-c3cccc(C(=O)N[C@H]4C(O)=Cc5ccccc54)c3)cnc2N)C1. The van der Waals surface area contributed by atoms with Crippen LogP contribution in [-0.2, 0) is 0 Å². The van der Waals surface area contributed by atoms with E-state index in [0.717, 1.165) is 37.2 Å². The summed E-state index contributed by atoms with van der Waals surface area (Å²) in [5, 5.41) is 16.2. The van der Waals surface area contributed by atoms with E-state index in [1.165, 1.54) is 6.20 Å². The molecule has 184 valence electrons. The Hall–Kier alpha value is -4.24. The number of hydrogen-bond acceptors (Lipinski definition) is 7. The molecule has 2 aliphatic rings. The van der Waals surface area contributed by atoms with Crippen LogP contribution in [0.5, 0.6) is 0 Å². The maximum Gasteiger partial charge on any atom is 0.274 e. The Labute approximate surface area is 209 Å². The average molecular weight is 485 g/mol. The van der Waals surface area contributed by atoms with Gasteiger partial charge in [-0.1, -0.05) is 43.3 Å². The van der Waals surface area contributed by atoms with Gasteiger partial charge in [0.05, 0.1) is 11.9 Å². The van der Waals surface area contributed by atoms with E-state index in [1.807, 2.05) is 24.3 Å². The number of aliphatic hydroxyl groups is 1. The predicted molar refractivity (Wildman–Crippen MR) is 137 cm³/mol. The summed E-state index contributed by atoms with van der Waals surface area (Å²) in [5.74, 6) is -0.565. The Balaban J connectivity index is 1.34. The number of aromatic nitrogens is 2. The minimum atomic E-state index is -0.608. The smallest absolute Gasteiger partial charge is 0.274 e. The minimum Gasteiger partial charge on any atom is -0.510 e. The first-order chi connectivity index (χ1) is 17.4. The first kappa shape index (κ1) is 23.5. The predicted octanol–water partition coefficient (Wildman–Crippen LogP) is 2.93. The monoisotopic (exact) mass is 484 g/mol. The Morgan fingerprint density at radius 1 is 1.14 bits per heavy atom. The summed E-state index contributed by atoms with van der Waals surface area (Å²) in [7, 11) is 0. The number of rotatable bonds is 6. The van der Waals surface area contributed by atoms with Crippen LogP contribution in [0.15, 0.2) is 60.5 Å². The molecule has 0 saturated carbocycles. The van der Waals surface area contributed by atoms with Crippen LogP contribution in [0.25, 0.3) is 17.3 Å². The van der Waals surface area contributed by atoms with Gasteiger partial charge >= 0.3 is 0 Å². The highest BCUT2D eigenvalue weighted by molar-refractivity contribution is 5.98. The number of aliphatic hydroxyl groups excluding tert-OH is 1. The molecule has 2 heterocycles. The lowest BCUT2D eigenvalue weighted by Gasteiger charge is -2.16. The van der Waals surface area contributed by atoms with Crippen molar-refractivity contribution in [1.82, 2.24) is 25.5 Å². The van der Waals surface area contributed by atoms with E-state index < -0.39 is 6.04 Å². The summed E-state index contributed by atoms with van der Waals surface area (Å²) in [6.07, 6.45) is 4.01. The molecule has 0 unspecified atom stereocenters. The minimum absolute atomic E-state index is 0.0421. The van der Waals surface area contributed by atoms with Crippen LogP contribution in [0, 0.1) is 0 Å². The quantitative estimate of drug-likeness (QED) is 0.423. The summed E-state index contributed by atoms with van der Waals surface area (Å²) < 4.78 is 0. The first-order valence-corrected chi connectivity index (χ1v) is 12.0. The molecule has 36 heavy (non-hydrogen) atoms. The van der Waals surface area contributed by atoms with Gasteiger partial charge in [-0.05, 0) is 42.3 Å². The Kier molecular flexibility index (Phi) is 6.39. The van der Waals surface area contributed by atoms with Crippen LogP contribution >= 0.6 is 0 Å². The molecular formula is C27H28N6O3. The molecule has 0 spiro atoms. The number of carbonyl (C=O) groups is 2. The number of benzene rings is 2. The second kappa shape index (κ2) is 9.79. The van der Waals surface area contributed by atoms with Gasteiger partial charge in [0.15, 0.2) is 11.5 Å². The van der Waals surface area contributed by atoms with E-state index in [0.29, 0.717) is 16.8 Å². The van der Waals surface area contributed by atoms with Crippen molar-refractivity contribution in [3.8, 4) is 11.3 Å². The number of anilines is 1. The Bertz CT molecular complexity index is 1350. The average Bonchev–Trinajstić information content (AvgIpc) is 3.47. The van der Waals surface area contributed by atoms with E-state index in [1.54, 1.807) is 30.3 Å². The molecular weight excluding hydrogens is 456 g/mol. The molecule has 9 heteroatoms. The highest BCUT2D eigenvalue weighted by Crippen LogP contribution is 2.33. The maximum absolute atomic E-state index is 13.0. The van der Waals surface area contributed by atoms with Gasteiger partial charge in [-0.25, -0.2) is 9.97 Å². The van der Waals surface area contributed by atoms with Crippen molar-refractivity contribution in [3.63, 3.8) is 0 Å². The van der Waals surface area contributed by atoms with Gasteiger partial charge < -0.3 is 26.4 Å². The Morgan fingerprint density at radius 2 is 1.97 bits per heavy atom. The molecule has 9 nitrogen and oxygen atoms in total. The fourth-order valence-electron chi connectivity index (χ4n) is 4.69. The molecule has 2 atom stereocenters. The second-order valence-electron chi connectivity index (χ2n) is 9.03. The topological polar surface area (TPSA) is 133 Å². The normalized spacial score (nSPS) is 19.0. The lowest BCUT2D eigenvalue weighted by molar-refractivity contribution is 0.0926. The van der Waals surface area contributed by atoms with Gasteiger partial charge in [-0.3, -0.25) is 9.59 Å². The number of carbonyl (C=O) groups excluding carboxylic acids is 2. The zero-order valence-electron chi connectivity index (χ0n) is 19.9. The van der Waals surface area contributed by atoms with E-state index in [2.05, 4.69) is 32.4 Å². The van der Waals surface area contributed by atoms with Crippen LogP contribution in [-0.4, -0.2) is 57.5 Å². The lowest BCUT2D eigenvalue weighted by atomic mass is 10.0. The van der Waals surface area contributed by atoms with Crippen LogP contribution in [0.2, 0.25) is 0 Å². The zero-order chi connectivity index (χ0) is 25.2. The largest absolute Gasteiger partial charge is 0.510 e. The maximum atomic E-state index is 13.0. The van der Waals surface area contributed by atoms with Gasteiger partial charge in [0.2, 0.25) is 0 Å². The van der Waals surface area contributed by atoms with E-state index in [9.17, 15) is 14.7 Å². The lowest BCUT2D eigenvalue weighted by Crippen LogP contribution is -2.38. The van der Waals surface area contributed by atoms with E-state index in [-0.39, 0.29) is 35.1 Å². The molecule has 1 aliphatic heterocycles. The van der Waals surface area contributed by atoms with Crippen molar-refractivity contribution in [3.05, 3.63) is 82.9 Å². The molecule has 5 rings (SSSR count). The van der Waals surface area contributed by atoms with Crippen LogP contribution in [0.4, 0.5) is 5.82 Å². The number of nitrogens with zero attached hydrogens (tertiary/aromatic N) is 3. The van der Waals surface area contributed by atoms with Crippen molar-refractivity contribution in [1.29, 1.82) is 0 Å². The third kappa shape index (κ3) is 4.65. The number of amides is 2. The van der Waals surface area contributed by atoms with Gasteiger partial charge in [0, 0.05) is 30.3 Å². The number of fused-ring (bicyclic) bond motifs is 1. The number of likely N-dealkylation sites (tertiary alicyclic amines) is 1. The number of hydrogen-bond donors (Lipinski definition) is 4. The van der Waals surface area contributed by atoms with E-state index in [4.69, 9.17) is 5.73 Å². The number of nitrogens with two attached hydrogens (primary N) is 1. The molecule has 0 radical (unpaired) electrons. The fourth-order valence-corrected chi connectivity index (χ4v) is 4.69. The third-order valence-corrected chi connectivity index (χ3v) is 6.67. The van der Waals surface area contributed by atoms with Crippen LogP contribution in [0.3, 0.4) is 0 Å². The van der Waals surface area contributed by atoms with Gasteiger partial charge in [0.25, 0.3) is 11.8 Å². The van der Waals surface area contributed by atoms with Crippen LogP contribution in [0.1, 0.15) is 51.4 Å². The molecule has 1 aliphatic carbocycles. The molecule has 0 bridgehead atoms. The zero-order valence-corrected chi connectivity index (χ0v) is 19.9. The van der Waals surface area contributed by atoms with Crippen molar-refractivity contribution in [2.24, 2.45) is 0 Å². The highest BCUT2D eigenvalue weighted by atomic mass is 16.3. The molecule has 5 N–H and O–H groups in total. The summed E-state index contributed by atoms with van der Waals surface area (Å²) in [4.78, 5) is 36.9. The Morgan fingerprint density at radius 3 is 2.78 bits per heavy atom. The number of likely N-dealkylation sites (N-methyl/N-ethyl adjacent to an activating group) is 1. The fraction of sp³-hybridized carbons (Fsp3) is 0.259. The molecule has 2 aromatic carbocycles. The molecule has 2 amide bonds. The molecule has 1 aromatic heterocycles. The van der Waals surface area contributed by atoms with E-state index >= 15 is 0 Å². The number of nitrogen functional groups attached to an aromatic ring is 1. The number of nitrogens with one attached hydrogen (secondary N) is 2. The molecule has 1 fully saturated rings. The summed E-state index contributed by atoms with van der Waals surface area (Å²) >= 11 is 0. The molecule has 1 saturated heterocycles. The van der Waals surface area contributed by atoms with Gasteiger partial charge in [0.1, 0.15) is 11.8 Å². The summed E-state index contributed by atoms with van der Waals surface area (Å²) in [6, 6.07) is 13.8. The van der Waals surface area contributed by atoms with Crippen LogP contribution < -0.4 is 16.4 Å². The first-order valence-electron chi connectivity index (χ1n) is 12.0. The summed E-state index contributed by atoms with van der Waals surface area (Å²) in [5.41, 5.74) is 9.19.